The van der Waals surface area contributed by atoms with Gasteiger partial charge in [0.15, 0.2) is 0 Å². The highest BCUT2D eigenvalue weighted by Crippen LogP contribution is 2.18. The van der Waals surface area contributed by atoms with Crippen molar-refractivity contribution in [2.75, 3.05) is 6.61 Å². The normalized spacial score (nSPS) is 10.3. The Bertz CT molecular complexity index is 833. The number of para-hydroxylation sites is 1. The van der Waals surface area contributed by atoms with E-state index in [2.05, 4.69) is 11.2 Å². The van der Waals surface area contributed by atoms with Gasteiger partial charge in [-0.1, -0.05) is 30.3 Å². The first-order valence-electron chi connectivity index (χ1n) is 7.67. The molecule has 2 aromatic carbocycles. The third kappa shape index (κ3) is 3.45. The van der Waals surface area contributed by atoms with Gasteiger partial charge in [-0.15, -0.1) is 0 Å². The molecular weight excluding hydrogens is 302 g/mol. The largest absolute Gasteiger partial charge is 0.487 e. The Morgan fingerprint density at radius 2 is 1.83 bits per heavy atom. The van der Waals surface area contributed by atoms with Crippen LogP contribution < -0.4 is 4.74 Å². The number of aromatic nitrogens is 2. The number of nitriles is 1. The van der Waals surface area contributed by atoms with Crippen LogP contribution in [0.2, 0.25) is 0 Å². The predicted molar refractivity (Wildman–Crippen MR) is 89.8 cm³/mol. The second-order valence-corrected chi connectivity index (χ2v) is 5.27. The average Bonchev–Trinajstić information content (AvgIpc) is 3.05. The lowest BCUT2D eigenvalue weighted by molar-refractivity contribution is 0.295. The summed E-state index contributed by atoms with van der Waals surface area (Å²) in [6.45, 7) is 0.374. The summed E-state index contributed by atoms with van der Waals surface area (Å²) in [6.07, 6.45) is 2.18. The molecule has 5 heteroatoms. The maximum Gasteiger partial charge on any atom is 0.132 e. The number of hydrogen-bond acceptors (Lipinski definition) is 4. The summed E-state index contributed by atoms with van der Waals surface area (Å²) in [6, 6.07) is 19.4. The maximum atomic E-state index is 9.29. The van der Waals surface area contributed by atoms with Crippen molar-refractivity contribution >= 4 is 0 Å². The highest BCUT2D eigenvalue weighted by Gasteiger charge is 2.12. The van der Waals surface area contributed by atoms with E-state index in [1.165, 1.54) is 0 Å². The van der Waals surface area contributed by atoms with Crippen LogP contribution in [-0.4, -0.2) is 21.5 Å². The van der Waals surface area contributed by atoms with E-state index < -0.39 is 0 Å². The van der Waals surface area contributed by atoms with Crippen molar-refractivity contribution in [1.82, 2.24) is 9.78 Å². The van der Waals surface area contributed by atoms with E-state index >= 15 is 0 Å². The molecule has 0 bridgehead atoms. The number of rotatable bonds is 6. The van der Waals surface area contributed by atoms with Crippen molar-refractivity contribution in [2.45, 2.75) is 13.0 Å². The first kappa shape index (κ1) is 15.8. The van der Waals surface area contributed by atoms with Crippen molar-refractivity contribution in [2.24, 2.45) is 0 Å². The summed E-state index contributed by atoms with van der Waals surface area (Å²) in [7, 11) is 0. The monoisotopic (exact) mass is 319 g/mol. The van der Waals surface area contributed by atoms with E-state index in [0.717, 1.165) is 11.3 Å². The minimum Gasteiger partial charge on any atom is -0.487 e. The molecule has 5 nitrogen and oxygen atoms in total. The minimum atomic E-state index is 0.127. The predicted octanol–water partition coefficient (Wildman–Crippen LogP) is 2.86. The quantitative estimate of drug-likeness (QED) is 0.758. The summed E-state index contributed by atoms with van der Waals surface area (Å²) in [5.41, 5.74) is 3.15. The number of aliphatic hydroxyl groups is 1. The molecule has 0 aliphatic heterocycles. The van der Waals surface area contributed by atoms with Crippen molar-refractivity contribution in [3.8, 4) is 17.5 Å². The fraction of sp³-hybridized carbons (Fsp3) is 0.158. The van der Waals surface area contributed by atoms with Crippen LogP contribution in [0.25, 0.3) is 5.69 Å². The van der Waals surface area contributed by atoms with Gasteiger partial charge in [-0.3, -0.25) is 0 Å². The lowest BCUT2D eigenvalue weighted by Crippen LogP contribution is -2.07. The van der Waals surface area contributed by atoms with Gasteiger partial charge < -0.3 is 9.84 Å². The van der Waals surface area contributed by atoms with Gasteiger partial charge >= 0.3 is 0 Å². The Kier molecular flexibility index (Phi) is 4.90. The third-order valence-electron chi connectivity index (χ3n) is 3.69. The molecule has 24 heavy (non-hydrogen) atoms. The highest BCUT2D eigenvalue weighted by atomic mass is 16.5. The average molecular weight is 319 g/mol. The molecule has 1 heterocycles. The zero-order valence-electron chi connectivity index (χ0n) is 13.1. The Labute approximate surface area is 140 Å². The Hall–Kier alpha value is -3.10. The van der Waals surface area contributed by atoms with E-state index in [-0.39, 0.29) is 13.2 Å². The molecule has 1 aromatic heterocycles. The molecule has 120 valence electrons. The summed E-state index contributed by atoms with van der Waals surface area (Å²) < 4.78 is 7.53. The van der Waals surface area contributed by atoms with Gasteiger partial charge in [0.05, 0.1) is 23.1 Å². The molecule has 0 fully saturated rings. The van der Waals surface area contributed by atoms with Crippen LogP contribution in [0.1, 0.15) is 16.8 Å². The molecule has 0 saturated carbocycles. The smallest absolute Gasteiger partial charge is 0.132 e. The van der Waals surface area contributed by atoms with Crippen LogP contribution in [0.3, 0.4) is 0 Å². The number of hydrogen-bond donors (Lipinski definition) is 1. The van der Waals surface area contributed by atoms with E-state index in [1.807, 2.05) is 54.6 Å². The first-order chi connectivity index (χ1) is 11.8. The number of ether oxygens (including phenoxy) is 1. The van der Waals surface area contributed by atoms with Crippen LogP contribution in [0.15, 0.2) is 60.8 Å². The summed E-state index contributed by atoms with van der Waals surface area (Å²) in [5.74, 6) is 0.710. The van der Waals surface area contributed by atoms with Crippen molar-refractivity contribution in [3.05, 3.63) is 77.6 Å². The number of nitrogens with zero attached hydrogens (tertiary/aromatic N) is 3. The second-order valence-electron chi connectivity index (χ2n) is 5.27. The van der Waals surface area contributed by atoms with E-state index in [1.54, 1.807) is 10.9 Å². The van der Waals surface area contributed by atoms with Crippen LogP contribution in [0.4, 0.5) is 0 Å². The number of benzene rings is 2. The molecule has 0 spiro atoms. The molecule has 0 aliphatic carbocycles. The zero-order chi connectivity index (χ0) is 16.8. The zero-order valence-corrected chi connectivity index (χ0v) is 13.1. The molecular formula is C19H17N3O2. The van der Waals surface area contributed by atoms with E-state index in [4.69, 9.17) is 9.84 Å². The Morgan fingerprint density at radius 1 is 1.08 bits per heavy atom. The van der Waals surface area contributed by atoms with Gasteiger partial charge in [-0.2, -0.15) is 10.4 Å². The lowest BCUT2D eigenvalue weighted by Gasteiger charge is -2.10. The van der Waals surface area contributed by atoms with Crippen LogP contribution in [0.5, 0.6) is 5.75 Å². The second kappa shape index (κ2) is 7.44. The van der Waals surface area contributed by atoms with Crippen molar-refractivity contribution < 1.29 is 9.84 Å². The van der Waals surface area contributed by atoms with Gasteiger partial charge in [0.25, 0.3) is 0 Å². The van der Waals surface area contributed by atoms with Gasteiger partial charge in [0.2, 0.25) is 0 Å². The maximum absolute atomic E-state index is 9.29. The molecule has 0 saturated heterocycles. The molecule has 3 rings (SSSR count). The van der Waals surface area contributed by atoms with Gasteiger partial charge in [-0.05, 0) is 36.2 Å². The first-order valence-corrected chi connectivity index (χ1v) is 7.67. The molecule has 1 N–H and O–H groups in total. The molecule has 0 unspecified atom stereocenters. The van der Waals surface area contributed by atoms with Gasteiger partial charge in [0, 0.05) is 6.61 Å². The highest BCUT2D eigenvalue weighted by molar-refractivity contribution is 5.39. The van der Waals surface area contributed by atoms with Crippen LogP contribution in [0, 0.1) is 11.3 Å². The number of aliphatic hydroxyl groups excluding tert-OH is 1. The minimum absolute atomic E-state index is 0.127. The van der Waals surface area contributed by atoms with Gasteiger partial charge in [-0.25, -0.2) is 4.68 Å². The Morgan fingerprint density at radius 3 is 2.50 bits per heavy atom. The summed E-state index contributed by atoms with van der Waals surface area (Å²) in [5, 5.41) is 22.5. The molecule has 0 atom stereocenters. The van der Waals surface area contributed by atoms with E-state index in [0.29, 0.717) is 23.4 Å². The topological polar surface area (TPSA) is 71.1 Å². The molecule has 3 aromatic rings. The standard InChI is InChI=1S/C19H17N3O2/c20-12-16-13-21-22(17-4-2-1-3-5-17)19(16)14-24-18-8-6-15(7-9-18)10-11-23/h1-9,13,23H,10-11,14H2. The summed E-state index contributed by atoms with van der Waals surface area (Å²) in [4.78, 5) is 0. The van der Waals surface area contributed by atoms with E-state index in [9.17, 15) is 5.26 Å². The fourth-order valence-corrected chi connectivity index (χ4v) is 2.43. The molecule has 0 aliphatic rings. The Balaban J connectivity index is 1.80. The van der Waals surface area contributed by atoms with Crippen molar-refractivity contribution in [3.63, 3.8) is 0 Å². The third-order valence-corrected chi connectivity index (χ3v) is 3.69. The van der Waals surface area contributed by atoms with Crippen LogP contribution in [-0.2, 0) is 13.0 Å². The SMILES string of the molecule is N#Cc1cnn(-c2ccccc2)c1COc1ccc(CCO)cc1. The lowest BCUT2D eigenvalue weighted by atomic mass is 10.1. The van der Waals surface area contributed by atoms with Gasteiger partial charge in [0.1, 0.15) is 18.4 Å². The van der Waals surface area contributed by atoms with Crippen LogP contribution >= 0.6 is 0 Å². The fourth-order valence-electron chi connectivity index (χ4n) is 2.43. The summed E-state index contributed by atoms with van der Waals surface area (Å²) >= 11 is 0. The molecule has 0 amide bonds. The van der Waals surface area contributed by atoms with Crippen molar-refractivity contribution in [1.29, 1.82) is 5.26 Å². The molecule has 0 radical (unpaired) electrons.